The van der Waals surface area contributed by atoms with Crippen LogP contribution in [-0.4, -0.2) is 12.6 Å². The highest BCUT2D eigenvalue weighted by Crippen LogP contribution is 2.27. The monoisotopic (exact) mass is 312 g/mol. The van der Waals surface area contributed by atoms with Crippen LogP contribution in [-0.2, 0) is 22.4 Å². The van der Waals surface area contributed by atoms with Crippen molar-refractivity contribution in [3.05, 3.63) is 83.9 Å². The lowest BCUT2D eigenvalue weighted by atomic mass is 9.97. The number of benzene rings is 3. The van der Waals surface area contributed by atoms with E-state index in [2.05, 4.69) is 18.2 Å². The summed E-state index contributed by atoms with van der Waals surface area (Å²) in [7, 11) is 0. The first-order valence-electron chi connectivity index (χ1n) is 7.79. The molecule has 24 heavy (non-hydrogen) atoms. The van der Waals surface area contributed by atoms with E-state index in [1.807, 2.05) is 67.2 Å². The Kier molecular flexibility index (Phi) is 4.97. The van der Waals surface area contributed by atoms with Crippen LogP contribution < -0.4 is 0 Å². The van der Waals surface area contributed by atoms with Gasteiger partial charge in [-0.3, -0.25) is 9.59 Å². The summed E-state index contributed by atoms with van der Waals surface area (Å²) < 4.78 is 0. The SMILES string of the molecule is O=[C]Cc1ccc(-c2cccc(-c3ccc(C[C]=O)cc3)c2)cc1. The number of carbonyl (C=O) groups excluding carboxylic acids is 2. The smallest absolute Gasteiger partial charge is 0.203 e. The zero-order chi connectivity index (χ0) is 16.8. The molecule has 0 fully saturated rings. The highest BCUT2D eigenvalue weighted by molar-refractivity contribution is 5.73. The first-order chi connectivity index (χ1) is 11.8. The van der Waals surface area contributed by atoms with Crippen molar-refractivity contribution in [1.29, 1.82) is 0 Å². The van der Waals surface area contributed by atoms with E-state index < -0.39 is 0 Å². The minimum Gasteiger partial charge on any atom is -0.291 e. The Morgan fingerprint density at radius 2 is 0.958 bits per heavy atom. The predicted molar refractivity (Wildman–Crippen MR) is 96.1 cm³/mol. The molecule has 0 saturated carbocycles. The average Bonchev–Trinajstić information content (AvgIpc) is 2.64. The summed E-state index contributed by atoms with van der Waals surface area (Å²) in [5.74, 6) is 0. The molecule has 0 aromatic heterocycles. The lowest BCUT2D eigenvalue weighted by molar-refractivity contribution is 0.554. The summed E-state index contributed by atoms with van der Waals surface area (Å²) in [5, 5.41) is 0. The van der Waals surface area contributed by atoms with Crippen molar-refractivity contribution in [1.82, 2.24) is 0 Å². The van der Waals surface area contributed by atoms with Gasteiger partial charge in [0.25, 0.3) is 0 Å². The normalized spacial score (nSPS) is 10.3. The molecule has 0 N–H and O–H groups in total. The van der Waals surface area contributed by atoms with Gasteiger partial charge < -0.3 is 0 Å². The molecule has 0 atom stereocenters. The second kappa shape index (κ2) is 7.51. The number of rotatable bonds is 6. The molecule has 2 nitrogen and oxygen atoms in total. The first kappa shape index (κ1) is 15.9. The lowest BCUT2D eigenvalue weighted by Gasteiger charge is -2.07. The van der Waals surface area contributed by atoms with E-state index in [9.17, 15) is 9.59 Å². The average molecular weight is 312 g/mol. The number of hydrogen-bond acceptors (Lipinski definition) is 2. The topological polar surface area (TPSA) is 34.1 Å². The molecular weight excluding hydrogens is 296 g/mol. The Morgan fingerprint density at radius 3 is 1.33 bits per heavy atom. The van der Waals surface area contributed by atoms with Gasteiger partial charge in [-0.05, 0) is 39.4 Å². The zero-order valence-corrected chi connectivity index (χ0v) is 13.2. The molecule has 3 aromatic carbocycles. The molecule has 0 amide bonds. The second-order valence-electron chi connectivity index (χ2n) is 5.62. The van der Waals surface area contributed by atoms with E-state index in [1.54, 1.807) is 0 Å². The summed E-state index contributed by atoms with van der Waals surface area (Å²) >= 11 is 0. The molecule has 2 radical (unpaired) electrons. The summed E-state index contributed by atoms with van der Waals surface area (Å²) in [6, 6.07) is 24.2. The molecule has 0 aliphatic carbocycles. The fourth-order valence-electron chi connectivity index (χ4n) is 2.68. The van der Waals surface area contributed by atoms with Crippen LogP contribution >= 0.6 is 0 Å². The molecule has 3 aromatic rings. The molecule has 0 aliphatic heterocycles. The van der Waals surface area contributed by atoms with Crippen LogP contribution in [0.4, 0.5) is 0 Å². The summed E-state index contributed by atoms with van der Waals surface area (Å²) in [6.45, 7) is 0. The van der Waals surface area contributed by atoms with Crippen molar-refractivity contribution in [3.8, 4) is 22.3 Å². The van der Waals surface area contributed by atoms with Gasteiger partial charge >= 0.3 is 0 Å². The molecule has 0 saturated heterocycles. The Bertz CT molecular complexity index is 762. The maximum Gasteiger partial charge on any atom is 0.203 e. The van der Waals surface area contributed by atoms with Gasteiger partial charge in [-0.1, -0.05) is 66.7 Å². The molecule has 116 valence electrons. The molecule has 3 rings (SSSR count). The van der Waals surface area contributed by atoms with E-state index in [0.717, 1.165) is 33.4 Å². The summed E-state index contributed by atoms with van der Waals surface area (Å²) in [4.78, 5) is 20.9. The Labute approximate surface area is 141 Å². The fourth-order valence-corrected chi connectivity index (χ4v) is 2.68. The molecule has 0 aliphatic rings. The maximum atomic E-state index is 10.4. The Morgan fingerprint density at radius 1 is 0.542 bits per heavy atom. The maximum absolute atomic E-state index is 10.4. The van der Waals surface area contributed by atoms with Crippen LogP contribution in [0.2, 0.25) is 0 Å². The predicted octanol–water partition coefficient (Wildman–Crippen LogP) is 4.33. The van der Waals surface area contributed by atoms with Crippen LogP contribution in [0.25, 0.3) is 22.3 Å². The molecule has 0 unspecified atom stereocenters. The third-order valence-corrected chi connectivity index (χ3v) is 3.99. The highest BCUT2D eigenvalue weighted by atomic mass is 16.1. The van der Waals surface area contributed by atoms with Gasteiger partial charge in [-0.25, -0.2) is 0 Å². The molecule has 0 bridgehead atoms. The van der Waals surface area contributed by atoms with Crippen LogP contribution in [0.5, 0.6) is 0 Å². The van der Waals surface area contributed by atoms with Gasteiger partial charge in [0.2, 0.25) is 12.6 Å². The minimum atomic E-state index is 0.324. The largest absolute Gasteiger partial charge is 0.291 e. The third-order valence-electron chi connectivity index (χ3n) is 3.99. The van der Waals surface area contributed by atoms with Crippen molar-refractivity contribution in [2.24, 2.45) is 0 Å². The van der Waals surface area contributed by atoms with Crippen LogP contribution in [0.1, 0.15) is 11.1 Å². The zero-order valence-electron chi connectivity index (χ0n) is 13.2. The van der Waals surface area contributed by atoms with Gasteiger partial charge in [-0.2, -0.15) is 0 Å². The molecule has 0 heterocycles. The molecule has 0 spiro atoms. The minimum absolute atomic E-state index is 0.324. The van der Waals surface area contributed by atoms with Gasteiger partial charge in [0.15, 0.2) is 0 Å². The van der Waals surface area contributed by atoms with Crippen molar-refractivity contribution >= 4 is 12.6 Å². The van der Waals surface area contributed by atoms with Gasteiger partial charge in [0.1, 0.15) is 0 Å². The van der Waals surface area contributed by atoms with E-state index in [4.69, 9.17) is 0 Å². The summed E-state index contributed by atoms with van der Waals surface area (Å²) in [6.07, 6.45) is 4.48. The van der Waals surface area contributed by atoms with Crippen molar-refractivity contribution in [2.75, 3.05) is 0 Å². The second-order valence-corrected chi connectivity index (χ2v) is 5.62. The first-order valence-corrected chi connectivity index (χ1v) is 7.79. The van der Waals surface area contributed by atoms with Gasteiger partial charge in [-0.15, -0.1) is 0 Å². The highest BCUT2D eigenvalue weighted by Gasteiger charge is 2.03. The number of hydrogen-bond donors (Lipinski definition) is 0. The molecular formula is C22H16O2. The van der Waals surface area contributed by atoms with E-state index in [-0.39, 0.29) is 0 Å². The third kappa shape index (κ3) is 3.66. The molecule has 2 heteroatoms. The Hall–Kier alpha value is -3.00. The van der Waals surface area contributed by atoms with Crippen LogP contribution in [0.3, 0.4) is 0 Å². The quantitative estimate of drug-likeness (QED) is 0.679. The summed E-state index contributed by atoms with van der Waals surface area (Å²) in [5.41, 5.74) is 6.40. The lowest BCUT2D eigenvalue weighted by Crippen LogP contribution is -1.87. The van der Waals surface area contributed by atoms with Crippen molar-refractivity contribution < 1.29 is 9.59 Å². The van der Waals surface area contributed by atoms with E-state index in [0.29, 0.717) is 12.8 Å². The van der Waals surface area contributed by atoms with Gasteiger partial charge in [0.05, 0.1) is 0 Å². The van der Waals surface area contributed by atoms with Crippen LogP contribution in [0, 0.1) is 0 Å². The van der Waals surface area contributed by atoms with Gasteiger partial charge in [0, 0.05) is 12.8 Å². The standard InChI is InChI=1S/C22H16O2/c23-14-12-17-4-8-19(9-5-17)21-2-1-3-22(16-21)20-10-6-18(7-11-20)13-15-24/h1-11,16H,12-13H2. The van der Waals surface area contributed by atoms with E-state index >= 15 is 0 Å². The van der Waals surface area contributed by atoms with Crippen molar-refractivity contribution in [3.63, 3.8) is 0 Å². The fraction of sp³-hybridized carbons (Fsp3) is 0.0909. The Balaban J connectivity index is 1.88. The van der Waals surface area contributed by atoms with Crippen molar-refractivity contribution in [2.45, 2.75) is 12.8 Å². The van der Waals surface area contributed by atoms with E-state index in [1.165, 1.54) is 0 Å². The van der Waals surface area contributed by atoms with Crippen LogP contribution in [0.15, 0.2) is 72.8 Å².